The molecule has 2 N–H and O–H groups in total. The Labute approximate surface area is 150 Å². The summed E-state index contributed by atoms with van der Waals surface area (Å²) in [7, 11) is 0. The first-order valence-electron chi connectivity index (χ1n) is 8.97. The highest BCUT2D eigenvalue weighted by Gasteiger charge is 2.23. The average molecular weight is 350 g/mol. The van der Waals surface area contributed by atoms with E-state index in [0.717, 1.165) is 44.3 Å². The SMILES string of the molecule is CCN1CCCC1CN=C(N)N1CCN(c2ccc(Cl)cc2)CC1. The minimum Gasteiger partial charge on any atom is -0.370 e. The van der Waals surface area contributed by atoms with E-state index in [9.17, 15) is 0 Å². The van der Waals surface area contributed by atoms with Gasteiger partial charge in [0.15, 0.2) is 5.96 Å². The lowest BCUT2D eigenvalue weighted by molar-refractivity contribution is 0.272. The van der Waals surface area contributed by atoms with Gasteiger partial charge < -0.3 is 15.5 Å². The number of benzene rings is 1. The Morgan fingerprint density at radius 2 is 1.88 bits per heavy atom. The van der Waals surface area contributed by atoms with Gasteiger partial charge in [-0.1, -0.05) is 18.5 Å². The fraction of sp³-hybridized carbons (Fsp3) is 0.611. The third-order valence-electron chi connectivity index (χ3n) is 5.16. The number of rotatable bonds is 4. The monoisotopic (exact) mass is 349 g/mol. The highest BCUT2D eigenvalue weighted by atomic mass is 35.5. The first-order chi connectivity index (χ1) is 11.7. The molecule has 1 aromatic rings. The zero-order valence-electron chi connectivity index (χ0n) is 14.5. The van der Waals surface area contributed by atoms with Crippen LogP contribution in [0.2, 0.25) is 5.02 Å². The van der Waals surface area contributed by atoms with Crippen molar-refractivity contribution in [2.45, 2.75) is 25.8 Å². The van der Waals surface area contributed by atoms with Crippen molar-refractivity contribution < 1.29 is 0 Å². The molecule has 1 unspecified atom stereocenters. The van der Waals surface area contributed by atoms with Crippen molar-refractivity contribution in [1.29, 1.82) is 0 Å². The van der Waals surface area contributed by atoms with E-state index in [1.54, 1.807) is 0 Å². The van der Waals surface area contributed by atoms with Gasteiger partial charge in [0.1, 0.15) is 0 Å². The van der Waals surface area contributed by atoms with Crippen molar-refractivity contribution in [3.05, 3.63) is 29.3 Å². The Morgan fingerprint density at radius 1 is 1.17 bits per heavy atom. The van der Waals surface area contributed by atoms with E-state index < -0.39 is 0 Å². The molecular formula is C18H28ClN5. The van der Waals surface area contributed by atoms with E-state index in [-0.39, 0.29) is 0 Å². The number of likely N-dealkylation sites (N-methyl/N-ethyl adjacent to an activating group) is 1. The second kappa shape index (κ2) is 8.08. The lowest BCUT2D eigenvalue weighted by Gasteiger charge is -2.36. The molecule has 2 heterocycles. The van der Waals surface area contributed by atoms with E-state index >= 15 is 0 Å². The van der Waals surface area contributed by atoms with Crippen LogP contribution < -0.4 is 10.6 Å². The normalized spacial score (nSPS) is 23.1. The second-order valence-electron chi connectivity index (χ2n) is 6.57. The Balaban J connectivity index is 1.50. The van der Waals surface area contributed by atoms with Gasteiger partial charge in [0, 0.05) is 42.9 Å². The molecule has 2 aliphatic heterocycles. The van der Waals surface area contributed by atoms with Crippen molar-refractivity contribution in [2.75, 3.05) is 50.7 Å². The topological polar surface area (TPSA) is 48.1 Å². The van der Waals surface area contributed by atoms with Gasteiger partial charge in [-0.3, -0.25) is 9.89 Å². The molecule has 5 nitrogen and oxygen atoms in total. The first kappa shape index (κ1) is 17.4. The standard InChI is InChI=1S/C18H28ClN5/c1-2-22-9-3-4-17(22)14-21-18(20)24-12-10-23(11-13-24)16-7-5-15(19)6-8-16/h5-8,17H,2-4,9-14H2,1H3,(H2,20,21). The molecule has 2 saturated heterocycles. The molecule has 0 radical (unpaired) electrons. The van der Waals surface area contributed by atoms with Crippen LogP contribution in [-0.4, -0.2) is 67.6 Å². The van der Waals surface area contributed by atoms with Crippen molar-refractivity contribution in [1.82, 2.24) is 9.80 Å². The van der Waals surface area contributed by atoms with Crippen molar-refractivity contribution in [2.24, 2.45) is 10.7 Å². The molecule has 0 aliphatic carbocycles. The summed E-state index contributed by atoms with van der Waals surface area (Å²) >= 11 is 5.96. The smallest absolute Gasteiger partial charge is 0.191 e. The number of halogens is 1. The molecular weight excluding hydrogens is 322 g/mol. The van der Waals surface area contributed by atoms with E-state index in [1.807, 2.05) is 12.1 Å². The van der Waals surface area contributed by atoms with Crippen LogP contribution in [0.25, 0.3) is 0 Å². The lowest BCUT2D eigenvalue weighted by Crippen LogP contribution is -2.51. The molecule has 3 rings (SSSR count). The molecule has 132 valence electrons. The fourth-order valence-corrected chi connectivity index (χ4v) is 3.79. The van der Waals surface area contributed by atoms with Crippen LogP contribution in [0.3, 0.4) is 0 Å². The Hall–Kier alpha value is -1.46. The quantitative estimate of drug-likeness (QED) is 0.669. The Bertz CT molecular complexity index is 551. The Kier molecular flexibility index (Phi) is 5.85. The van der Waals surface area contributed by atoms with Crippen LogP contribution in [-0.2, 0) is 0 Å². The zero-order chi connectivity index (χ0) is 16.9. The molecule has 1 atom stereocenters. The molecule has 0 saturated carbocycles. The van der Waals surface area contributed by atoms with Crippen LogP contribution in [0.4, 0.5) is 5.69 Å². The largest absolute Gasteiger partial charge is 0.370 e. The van der Waals surface area contributed by atoms with Crippen LogP contribution in [0.5, 0.6) is 0 Å². The molecule has 0 aromatic heterocycles. The van der Waals surface area contributed by atoms with Crippen molar-refractivity contribution >= 4 is 23.2 Å². The van der Waals surface area contributed by atoms with Gasteiger partial charge in [0.25, 0.3) is 0 Å². The van der Waals surface area contributed by atoms with Gasteiger partial charge in [-0.05, 0) is 50.2 Å². The van der Waals surface area contributed by atoms with Crippen LogP contribution in [0, 0.1) is 0 Å². The second-order valence-corrected chi connectivity index (χ2v) is 7.01. The van der Waals surface area contributed by atoms with Crippen LogP contribution >= 0.6 is 11.6 Å². The molecule has 24 heavy (non-hydrogen) atoms. The van der Waals surface area contributed by atoms with Gasteiger partial charge in [-0.2, -0.15) is 0 Å². The van der Waals surface area contributed by atoms with Gasteiger partial charge in [0.05, 0.1) is 6.54 Å². The minimum absolute atomic E-state index is 0.573. The summed E-state index contributed by atoms with van der Waals surface area (Å²) in [5, 5.41) is 0.779. The molecule has 0 amide bonds. The molecule has 0 spiro atoms. The van der Waals surface area contributed by atoms with E-state index in [2.05, 4.69) is 38.7 Å². The highest BCUT2D eigenvalue weighted by Crippen LogP contribution is 2.20. The molecule has 6 heteroatoms. The number of aliphatic imine (C=N–C) groups is 1. The molecule has 0 bridgehead atoms. The number of hydrogen-bond acceptors (Lipinski definition) is 3. The summed E-state index contributed by atoms with van der Waals surface area (Å²) in [5.74, 6) is 0.703. The third kappa shape index (κ3) is 4.14. The average Bonchev–Trinajstić information content (AvgIpc) is 3.08. The van der Waals surface area contributed by atoms with Gasteiger partial charge in [-0.15, -0.1) is 0 Å². The summed E-state index contributed by atoms with van der Waals surface area (Å²) in [6.45, 7) is 9.12. The number of piperazine rings is 1. The summed E-state index contributed by atoms with van der Waals surface area (Å²) in [6.07, 6.45) is 2.53. The number of guanidine groups is 1. The van der Waals surface area contributed by atoms with E-state index in [1.165, 1.54) is 25.1 Å². The third-order valence-corrected chi connectivity index (χ3v) is 5.42. The zero-order valence-corrected chi connectivity index (χ0v) is 15.3. The molecule has 2 fully saturated rings. The van der Waals surface area contributed by atoms with Crippen LogP contribution in [0.15, 0.2) is 29.3 Å². The first-order valence-corrected chi connectivity index (χ1v) is 9.34. The number of nitrogens with two attached hydrogens (primary N) is 1. The number of nitrogens with zero attached hydrogens (tertiary/aromatic N) is 4. The minimum atomic E-state index is 0.573. The van der Waals surface area contributed by atoms with Gasteiger partial charge in [-0.25, -0.2) is 0 Å². The molecule has 1 aromatic carbocycles. The maximum Gasteiger partial charge on any atom is 0.191 e. The number of anilines is 1. The van der Waals surface area contributed by atoms with Crippen molar-refractivity contribution in [3.8, 4) is 0 Å². The number of hydrogen-bond donors (Lipinski definition) is 1. The maximum absolute atomic E-state index is 6.24. The highest BCUT2D eigenvalue weighted by molar-refractivity contribution is 6.30. The van der Waals surface area contributed by atoms with E-state index in [0.29, 0.717) is 12.0 Å². The number of likely N-dealkylation sites (tertiary alicyclic amines) is 1. The predicted molar refractivity (Wildman–Crippen MR) is 102 cm³/mol. The molecule has 2 aliphatic rings. The maximum atomic E-state index is 6.24. The van der Waals surface area contributed by atoms with Crippen LogP contribution in [0.1, 0.15) is 19.8 Å². The van der Waals surface area contributed by atoms with Crippen molar-refractivity contribution in [3.63, 3.8) is 0 Å². The summed E-state index contributed by atoms with van der Waals surface area (Å²) in [6, 6.07) is 8.62. The summed E-state index contributed by atoms with van der Waals surface area (Å²) in [4.78, 5) is 11.8. The predicted octanol–water partition coefficient (Wildman–Crippen LogP) is 2.26. The van der Waals surface area contributed by atoms with E-state index in [4.69, 9.17) is 17.3 Å². The summed E-state index contributed by atoms with van der Waals surface area (Å²) < 4.78 is 0. The van der Waals surface area contributed by atoms with Gasteiger partial charge >= 0.3 is 0 Å². The lowest BCUT2D eigenvalue weighted by atomic mass is 10.2. The Morgan fingerprint density at radius 3 is 2.54 bits per heavy atom. The van der Waals surface area contributed by atoms with Gasteiger partial charge in [0.2, 0.25) is 0 Å². The fourth-order valence-electron chi connectivity index (χ4n) is 3.66. The summed E-state index contributed by atoms with van der Waals surface area (Å²) in [5.41, 5.74) is 7.46.